The lowest BCUT2D eigenvalue weighted by atomic mass is 9.94. The van der Waals surface area contributed by atoms with Crippen molar-refractivity contribution in [2.24, 2.45) is 0 Å². The van der Waals surface area contributed by atoms with Gasteiger partial charge in [-0.25, -0.2) is 0 Å². The molecule has 0 spiro atoms. The van der Waals surface area contributed by atoms with Crippen LogP contribution >= 0.6 is 0 Å². The number of ketones is 1. The summed E-state index contributed by atoms with van der Waals surface area (Å²) in [4.78, 5) is 24.3. The first kappa shape index (κ1) is 16.3. The lowest BCUT2D eigenvalue weighted by molar-refractivity contribution is -0.149. The number of esters is 1. The second-order valence-corrected chi connectivity index (χ2v) is 5.69. The lowest BCUT2D eigenvalue weighted by Crippen LogP contribution is -2.25. The van der Waals surface area contributed by atoms with Crippen molar-refractivity contribution < 1.29 is 29.6 Å². The van der Waals surface area contributed by atoms with Gasteiger partial charge < -0.3 is 20.1 Å². The molecule has 0 amide bonds. The number of hydrogen-bond donors (Lipinski definition) is 3. The van der Waals surface area contributed by atoms with Crippen molar-refractivity contribution in [3.05, 3.63) is 23.3 Å². The maximum atomic E-state index is 12.2. The normalized spacial score (nSPS) is 20.9. The van der Waals surface area contributed by atoms with Crippen molar-refractivity contribution in [1.29, 1.82) is 0 Å². The summed E-state index contributed by atoms with van der Waals surface area (Å²) in [6, 6.07) is 2.38. The Morgan fingerprint density at radius 3 is 2.73 bits per heavy atom. The van der Waals surface area contributed by atoms with Gasteiger partial charge in [-0.2, -0.15) is 0 Å². The van der Waals surface area contributed by atoms with Gasteiger partial charge in [-0.05, 0) is 31.4 Å². The Bertz CT molecular complexity index is 578. The van der Waals surface area contributed by atoms with Gasteiger partial charge in [0.1, 0.15) is 17.6 Å². The van der Waals surface area contributed by atoms with Crippen LogP contribution in [0.2, 0.25) is 0 Å². The number of aliphatic hydroxyl groups excluding tert-OH is 1. The van der Waals surface area contributed by atoms with E-state index in [1.807, 2.05) is 0 Å². The molecular formula is C16H20O6. The molecule has 0 aromatic heterocycles. The van der Waals surface area contributed by atoms with Crippen molar-refractivity contribution in [1.82, 2.24) is 0 Å². The van der Waals surface area contributed by atoms with Crippen molar-refractivity contribution in [3.63, 3.8) is 0 Å². The van der Waals surface area contributed by atoms with Crippen LogP contribution in [0.4, 0.5) is 0 Å². The number of cyclic esters (lactones) is 1. The van der Waals surface area contributed by atoms with E-state index in [0.29, 0.717) is 19.3 Å². The van der Waals surface area contributed by atoms with Crippen molar-refractivity contribution in [3.8, 4) is 11.5 Å². The smallest absolute Gasteiger partial charge is 0.310 e. The molecule has 1 aliphatic rings. The molecule has 0 bridgehead atoms. The SMILES string of the molecule is C[C@H](O)C[C@@H]1CCCC(=O)c2c(O)cc(O)cc2CC(=O)O1. The summed E-state index contributed by atoms with van der Waals surface area (Å²) in [6.45, 7) is 1.61. The summed E-state index contributed by atoms with van der Waals surface area (Å²) in [5.41, 5.74) is 0.328. The highest BCUT2D eigenvalue weighted by molar-refractivity contribution is 6.01. The fraction of sp³-hybridized carbons (Fsp3) is 0.500. The average Bonchev–Trinajstić information content (AvgIpc) is 2.35. The van der Waals surface area contributed by atoms with E-state index in [1.165, 1.54) is 6.07 Å². The Balaban J connectivity index is 2.30. The molecule has 0 radical (unpaired) electrons. The molecular weight excluding hydrogens is 288 g/mol. The van der Waals surface area contributed by atoms with E-state index < -0.39 is 18.2 Å². The molecule has 0 saturated heterocycles. The largest absolute Gasteiger partial charge is 0.508 e. The number of ether oxygens (including phenoxy) is 1. The molecule has 0 fully saturated rings. The fourth-order valence-corrected chi connectivity index (χ4v) is 2.73. The Morgan fingerprint density at radius 1 is 1.32 bits per heavy atom. The zero-order valence-corrected chi connectivity index (χ0v) is 12.4. The first-order valence-electron chi connectivity index (χ1n) is 7.32. The molecule has 1 aromatic carbocycles. The summed E-state index contributed by atoms with van der Waals surface area (Å²) in [5, 5.41) is 28.9. The van der Waals surface area contributed by atoms with Crippen LogP contribution in [0.1, 0.15) is 48.5 Å². The van der Waals surface area contributed by atoms with E-state index >= 15 is 0 Å². The lowest BCUT2D eigenvalue weighted by Gasteiger charge is -2.21. The van der Waals surface area contributed by atoms with Crippen LogP contribution < -0.4 is 0 Å². The maximum absolute atomic E-state index is 12.2. The number of phenols is 2. The Labute approximate surface area is 128 Å². The van der Waals surface area contributed by atoms with Gasteiger partial charge in [-0.1, -0.05) is 0 Å². The molecule has 2 atom stereocenters. The van der Waals surface area contributed by atoms with Gasteiger partial charge in [-0.15, -0.1) is 0 Å². The van der Waals surface area contributed by atoms with Gasteiger partial charge in [0.15, 0.2) is 5.78 Å². The number of fused-ring (bicyclic) bond motifs is 1. The van der Waals surface area contributed by atoms with E-state index in [4.69, 9.17) is 4.74 Å². The highest BCUT2D eigenvalue weighted by atomic mass is 16.5. The third-order valence-corrected chi connectivity index (χ3v) is 3.63. The second kappa shape index (κ2) is 6.79. The standard InChI is InChI=1S/C16H20O6/c1-9(17)5-12-3-2-4-13(19)16-10(7-15(21)22-12)6-11(18)8-14(16)20/h6,8-9,12,17-18,20H,2-5,7H2,1H3/t9-,12-/m0/s1. The number of hydrogen-bond acceptors (Lipinski definition) is 6. The highest BCUT2D eigenvalue weighted by Crippen LogP contribution is 2.30. The van der Waals surface area contributed by atoms with E-state index in [1.54, 1.807) is 6.92 Å². The monoisotopic (exact) mass is 308 g/mol. The van der Waals surface area contributed by atoms with Gasteiger partial charge in [-0.3, -0.25) is 9.59 Å². The molecule has 0 aliphatic carbocycles. The van der Waals surface area contributed by atoms with Crippen molar-refractivity contribution in [2.75, 3.05) is 0 Å². The minimum Gasteiger partial charge on any atom is -0.508 e. The zero-order chi connectivity index (χ0) is 16.3. The number of carbonyl (C=O) groups is 2. The molecule has 6 heteroatoms. The summed E-state index contributed by atoms with van der Waals surface area (Å²) in [5.74, 6) is -1.35. The van der Waals surface area contributed by atoms with E-state index in [2.05, 4.69) is 0 Å². The van der Waals surface area contributed by atoms with Crippen LogP contribution in [0.5, 0.6) is 11.5 Å². The molecule has 2 rings (SSSR count). The average molecular weight is 308 g/mol. The van der Waals surface area contributed by atoms with Crippen LogP contribution in [0.15, 0.2) is 12.1 Å². The Hall–Kier alpha value is -2.08. The Kier molecular flexibility index (Phi) is 5.03. The Morgan fingerprint density at radius 2 is 2.05 bits per heavy atom. The van der Waals surface area contributed by atoms with E-state index in [-0.39, 0.29) is 41.3 Å². The van der Waals surface area contributed by atoms with Gasteiger partial charge in [0.25, 0.3) is 0 Å². The minimum atomic E-state index is -0.600. The zero-order valence-electron chi connectivity index (χ0n) is 12.4. The number of Topliss-reactive ketones (excluding diaryl/α,β-unsaturated/α-hetero) is 1. The topological polar surface area (TPSA) is 104 Å². The van der Waals surface area contributed by atoms with Gasteiger partial charge in [0.05, 0.1) is 18.1 Å². The van der Waals surface area contributed by atoms with Crippen LogP contribution in [-0.4, -0.2) is 39.3 Å². The molecule has 3 N–H and O–H groups in total. The molecule has 6 nitrogen and oxygen atoms in total. The molecule has 1 heterocycles. The first-order chi connectivity index (χ1) is 10.4. The number of aromatic hydroxyl groups is 2. The number of phenolic OH excluding ortho intramolecular Hbond substituents is 2. The molecule has 1 aliphatic heterocycles. The highest BCUT2D eigenvalue weighted by Gasteiger charge is 2.24. The number of carbonyl (C=O) groups excluding carboxylic acids is 2. The molecule has 120 valence electrons. The summed E-state index contributed by atoms with van der Waals surface area (Å²) in [7, 11) is 0. The van der Waals surface area contributed by atoms with Gasteiger partial charge in [0.2, 0.25) is 0 Å². The van der Waals surface area contributed by atoms with Crippen LogP contribution in [-0.2, 0) is 16.0 Å². The number of rotatable bonds is 2. The quantitative estimate of drug-likeness (QED) is 0.718. The number of aliphatic hydroxyl groups is 1. The minimum absolute atomic E-state index is 0.0729. The molecule has 0 saturated carbocycles. The van der Waals surface area contributed by atoms with E-state index in [9.17, 15) is 24.9 Å². The van der Waals surface area contributed by atoms with Crippen molar-refractivity contribution >= 4 is 11.8 Å². The van der Waals surface area contributed by atoms with Crippen LogP contribution in [0.3, 0.4) is 0 Å². The third kappa shape index (κ3) is 3.98. The predicted octanol–water partition coefficient (Wildman–Crippen LogP) is 1.69. The predicted molar refractivity (Wildman–Crippen MR) is 77.8 cm³/mol. The summed E-state index contributed by atoms with van der Waals surface area (Å²) >= 11 is 0. The molecule has 22 heavy (non-hydrogen) atoms. The van der Waals surface area contributed by atoms with Gasteiger partial charge >= 0.3 is 5.97 Å². The third-order valence-electron chi connectivity index (χ3n) is 3.63. The van der Waals surface area contributed by atoms with Crippen LogP contribution in [0, 0.1) is 0 Å². The molecule has 1 aromatic rings. The second-order valence-electron chi connectivity index (χ2n) is 5.69. The van der Waals surface area contributed by atoms with E-state index in [0.717, 1.165) is 6.07 Å². The van der Waals surface area contributed by atoms with Crippen molar-refractivity contribution in [2.45, 2.75) is 51.2 Å². The molecule has 0 unspecified atom stereocenters. The number of benzene rings is 1. The first-order valence-corrected chi connectivity index (χ1v) is 7.32. The summed E-state index contributed by atoms with van der Waals surface area (Å²) < 4.78 is 5.34. The van der Waals surface area contributed by atoms with Gasteiger partial charge in [0, 0.05) is 18.9 Å². The fourth-order valence-electron chi connectivity index (χ4n) is 2.73. The maximum Gasteiger partial charge on any atom is 0.310 e. The summed E-state index contributed by atoms with van der Waals surface area (Å²) in [6.07, 6.45) is 0.251. The van der Waals surface area contributed by atoms with Crippen LogP contribution in [0.25, 0.3) is 0 Å².